The van der Waals surface area contributed by atoms with Crippen molar-refractivity contribution in [2.45, 2.75) is 33.4 Å². The van der Waals surface area contributed by atoms with E-state index in [1.165, 1.54) is 17.8 Å². The van der Waals surface area contributed by atoms with Gasteiger partial charge in [-0.05, 0) is 26.0 Å². The van der Waals surface area contributed by atoms with E-state index in [4.69, 9.17) is 0 Å². The molecular formula is C19H21F2N5. The van der Waals surface area contributed by atoms with Crippen molar-refractivity contribution in [2.24, 2.45) is 7.05 Å². The number of fused-ring (bicyclic) bond motifs is 1. The van der Waals surface area contributed by atoms with Crippen molar-refractivity contribution in [3.05, 3.63) is 58.4 Å². The third kappa shape index (κ3) is 2.92. The molecule has 0 saturated carbocycles. The predicted octanol–water partition coefficient (Wildman–Crippen LogP) is 3.26. The number of aromatic amines is 1. The summed E-state index contributed by atoms with van der Waals surface area (Å²) in [4.78, 5) is 14.7. The van der Waals surface area contributed by atoms with Gasteiger partial charge < -0.3 is 9.55 Å². The van der Waals surface area contributed by atoms with E-state index >= 15 is 0 Å². The van der Waals surface area contributed by atoms with Gasteiger partial charge in [-0.1, -0.05) is 0 Å². The van der Waals surface area contributed by atoms with Crippen LogP contribution in [-0.4, -0.2) is 31.0 Å². The first-order valence-corrected chi connectivity index (χ1v) is 8.66. The number of imidazole rings is 2. The second-order valence-electron chi connectivity index (χ2n) is 6.85. The molecular weight excluding hydrogens is 336 g/mol. The predicted molar refractivity (Wildman–Crippen MR) is 94.4 cm³/mol. The van der Waals surface area contributed by atoms with Crippen molar-refractivity contribution in [2.75, 3.05) is 6.54 Å². The number of hydrogen-bond donors (Lipinski definition) is 1. The minimum absolute atomic E-state index is 0.294. The van der Waals surface area contributed by atoms with E-state index in [0.717, 1.165) is 48.5 Å². The molecule has 0 bridgehead atoms. The molecule has 1 aliphatic heterocycles. The standard InChI is InChI=1S/C19H21F2N5/c1-11-12(2)25(3)18(22-11)10-26-7-6-16-17(9-26)24-19(23-16)14-5-4-13(20)8-15(14)21/h4-5,8H,6-7,9-10H2,1-3H3,(H,23,24). The summed E-state index contributed by atoms with van der Waals surface area (Å²) in [5.74, 6) is 0.298. The zero-order chi connectivity index (χ0) is 18.4. The molecule has 4 rings (SSSR count). The molecule has 2 aromatic heterocycles. The average molecular weight is 357 g/mol. The molecule has 1 aromatic carbocycles. The Kier molecular flexibility index (Phi) is 4.11. The molecule has 136 valence electrons. The van der Waals surface area contributed by atoms with Gasteiger partial charge in [0.25, 0.3) is 0 Å². The van der Waals surface area contributed by atoms with Crippen LogP contribution in [0, 0.1) is 25.5 Å². The number of benzene rings is 1. The van der Waals surface area contributed by atoms with Gasteiger partial charge in [0.15, 0.2) is 0 Å². The molecule has 3 aromatic rings. The molecule has 0 aliphatic carbocycles. The quantitative estimate of drug-likeness (QED) is 0.783. The van der Waals surface area contributed by atoms with Crippen LogP contribution in [-0.2, 0) is 26.6 Å². The molecule has 26 heavy (non-hydrogen) atoms. The molecule has 7 heteroatoms. The average Bonchev–Trinajstić information content (AvgIpc) is 3.11. The lowest BCUT2D eigenvalue weighted by Gasteiger charge is -2.25. The van der Waals surface area contributed by atoms with Crippen LogP contribution >= 0.6 is 0 Å². The van der Waals surface area contributed by atoms with E-state index in [1.807, 2.05) is 14.0 Å². The summed E-state index contributed by atoms with van der Waals surface area (Å²) in [6.45, 7) is 6.41. The van der Waals surface area contributed by atoms with Crippen LogP contribution in [0.5, 0.6) is 0 Å². The number of halogens is 2. The molecule has 0 radical (unpaired) electrons. The van der Waals surface area contributed by atoms with Crippen LogP contribution in [0.1, 0.15) is 28.6 Å². The van der Waals surface area contributed by atoms with E-state index in [0.29, 0.717) is 17.9 Å². The molecule has 1 N–H and O–H groups in total. The van der Waals surface area contributed by atoms with Gasteiger partial charge in [0.1, 0.15) is 23.3 Å². The van der Waals surface area contributed by atoms with Crippen LogP contribution in [0.3, 0.4) is 0 Å². The summed E-state index contributed by atoms with van der Waals surface area (Å²) < 4.78 is 29.3. The smallest absolute Gasteiger partial charge is 0.140 e. The van der Waals surface area contributed by atoms with E-state index in [-0.39, 0.29) is 0 Å². The summed E-state index contributed by atoms with van der Waals surface area (Å²) in [5.41, 5.74) is 4.46. The molecule has 1 aliphatic rings. The number of nitrogens with one attached hydrogen (secondary N) is 1. The SMILES string of the molecule is Cc1nc(CN2CCc3nc(-c4ccc(F)cc4F)[nH]c3C2)n(C)c1C. The molecule has 0 saturated heterocycles. The Morgan fingerprint density at radius 3 is 2.69 bits per heavy atom. The van der Waals surface area contributed by atoms with Gasteiger partial charge in [0.2, 0.25) is 0 Å². The number of nitrogens with zero attached hydrogens (tertiary/aromatic N) is 4. The van der Waals surface area contributed by atoms with Crippen molar-refractivity contribution >= 4 is 0 Å². The monoisotopic (exact) mass is 357 g/mol. The van der Waals surface area contributed by atoms with Crippen LogP contribution < -0.4 is 0 Å². The minimum atomic E-state index is -0.605. The van der Waals surface area contributed by atoms with Crippen molar-refractivity contribution in [1.82, 2.24) is 24.4 Å². The summed E-state index contributed by atoms with van der Waals surface area (Å²) in [6.07, 6.45) is 0.789. The summed E-state index contributed by atoms with van der Waals surface area (Å²) in [5, 5.41) is 0. The molecule has 0 atom stereocenters. The maximum atomic E-state index is 14.0. The fourth-order valence-electron chi connectivity index (χ4n) is 3.42. The highest BCUT2D eigenvalue weighted by Crippen LogP contribution is 2.26. The first-order valence-electron chi connectivity index (χ1n) is 8.66. The van der Waals surface area contributed by atoms with Crippen LogP contribution in [0.25, 0.3) is 11.4 Å². The number of aromatic nitrogens is 4. The highest BCUT2D eigenvalue weighted by molar-refractivity contribution is 5.57. The largest absolute Gasteiger partial charge is 0.340 e. The Bertz CT molecular complexity index is 973. The van der Waals surface area contributed by atoms with E-state index in [2.05, 4.69) is 31.3 Å². The van der Waals surface area contributed by atoms with E-state index in [1.54, 1.807) is 0 Å². The maximum Gasteiger partial charge on any atom is 0.140 e. The van der Waals surface area contributed by atoms with Crippen LogP contribution in [0.15, 0.2) is 18.2 Å². The van der Waals surface area contributed by atoms with Gasteiger partial charge in [-0.25, -0.2) is 18.7 Å². The van der Waals surface area contributed by atoms with E-state index < -0.39 is 11.6 Å². The first-order chi connectivity index (χ1) is 12.4. The summed E-state index contributed by atoms with van der Waals surface area (Å²) in [7, 11) is 2.03. The Labute approximate surface area is 150 Å². The summed E-state index contributed by atoms with van der Waals surface area (Å²) in [6, 6.07) is 3.55. The highest BCUT2D eigenvalue weighted by atomic mass is 19.1. The van der Waals surface area contributed by atoms with Gasteiger partial charge in [-0.15, -0.1) is 0 Å². The Morgan fingerprint density at radius 1 is 1.19 bits per heavy atom. The number of aryl methyl sites for hydroxylation is 1. The molecule has 5 nitrogen and oxygen atoms in total. The highest BCUT2D eigenvalue weighted by Gasteiger charge is 2.23. The second-order valence-corrected chi connectivity index (χ2v) is 6.85. The molecule has 0 amide bonds. The van der Waals surface area contributed by atoms with Gasteiger partial charge in [0, 0.05) is 38.3 Å². The Hall–Kier alpha value is -2.54. The lowest BCUT2D eigenvalue weighted by atomic mass is 10.1. The van der Waals surface area contributed by atoms with Crippen molar-refractivity contribution in [3.63, 3.8) is 0 Å². The molecule has 0 unspecified atom stereocenters. The zero-order valence-electron chi connectivity index (χ0n) is 15.1. The number of H-pyrrole nitrogens is 1. The lowest BCUT2D eigenvalue weighted by Crippen LogP contribution is -2.31. The number of rotatable bonds is 3. The van der Waals surface area contributed by atoms with Crippen LogP contribution in [0.4, 0.5) is 8.78 Å². The maximum absolute atomic E-state index is 14.0. The lowest BCUT2D eigenvalue weighted by molar-refractivity contribution is 0.233. The van der Waals surface area contributed by atoms with Gasteiger partial charge in [-0.2, -0.15) is 0 Å². The van der Waals surface area contributed by atoms with Gasteiger partial charge in [0.05, 0.1) is 29.2 Å². The number of hydrogen-bond acceptors (Lipinski definition) is 3. The zero-order valence-corrected chi connectivity index (χ0v) is 15.1. The van der Waals surface area contributed by atoms with Crippen molar-refractivity contribution < 1.29 is 8.78 Å². The van der Waals surface area contributed by atoms with Crippen molar-refractivity contribution in [1.29, 1.82) is 0 Å². The molecule has 0 fully saturated rings. The second kappa shape index (κ2) is 6.32. The fourth-order valence-corrected chi connectivity index (χ4v) is 3.42. The van der Waals surface area contributed by atoms with Crippen molar-refractivity contribution in [3.8, 4) is 11.4 Å². The minimum Gasteiger partial charge on any atom is -0.340 e. The summed E-state index contributed by atoms with van der Waals surface area (Å²) >= 11 is 0. The van der Waals surface area contributed by atoms with Gasteiger partial charge in [-0.3, -0.25) is 4.90 Å². The molecule has 0 spiro atoms. The first kappa shape index (κ1) is 16.9. The fraction of sp³-hybridized carbons (Fsp3) is 0.368. The Balaban J connectivity index is 1.56. The third-order valence-electron chi connectivity index (χ3n) is 5.17. The normalized spacial score (nSPS) is 14.7. The topological polar surface area (TPSA) is 49.7 Å². The van der Waals surface area contributed by atoms with E-state index in [9.17, 15) is 8.78 Å². The molecule has 3 heterocycles. The van der Waals surface area contributed by atoms with Gasteiger partial charge >= 0.3 is 0 Å². The Morgan fingerprint density at radius 2 is 2.00 bits per heavy atom. The van der Waals surface area contributed by atoms with Crippen LogP contribution in [0.2, 0.25) is 0 Å². The third-order valence-corrected chi connectivity index (χ3v) is 5.17.